The molecule has 18 heavy (non-hydrogen) atoms. The van der Waals surface area contributed by atoms with E-state index in [9.17, 15) is 4.79 Å². The number of ketones is 1. The lowest BCUT2D eigenvalue weighted by molar-refractivity contribution is 0.101. The third-order valence-corrected chi connectivity index (χ3v) is 2.98. The Labute approximate surface area is 111 Å². The maximum absolute atomic E-state index is 11.4. The molecule has 0 N–H and O–H groups in total. The number of carbonyl (C=O) groups is 1. The van der Waals surface area contributed by atoms with Crippen LogP contribution in [-0.2, 0) is 0 Å². The smallest absolute Gasteiger partial charge is 0.159 e. The van der Waals surface area contributed by atoms with Gasteiger partial charge in [0.2, 0.25) is 0 Å². The molecule has 2 rings (SSSR count). The quantitative estimate of drug-likeness (QED) is 0.773. The number of methoxy groups -OCH3 is 1. The zero-order valence-corrected chi connectivity index (χ0v) is 11.0. The Bertz CT molecular complexity index is 591. The molecule has 2 aromatic carbocycles. The fourth-order valence-corrected chi connectivity index (χ4v) is 1.97. The Morgan fingerprint density at radius 3 is 2.61 bits per heavy atom. The van der Waals surface area contributed by atoms with Gasteiger partial charge in [-0.15, -0.1) is 0 Å². The monoisotopic (exact) mass is 260 g/mol. The SMILES string of the molecule is COc1cc(Cl)ccc1-c1cccc(C(C)=O)c1. The van der Waals surface area contributed by atoms with Crippen LogP contribution in [-0.4, -0.2) is 12.9 Å². The van der Waals surface area contributed by atoms with Crippen molar-refractivity contribution in [1.29, 1.82) is 0 Å². The van der Waals surface area contributed by atoms with E-state index in [-0.39, 0.29) is 5.78 Å². The summed E-state index contributed by atoms with van der Waals surface area (Å²) in [7, 11) is 1.60. The van der Waals surface area contributed by atoms with Crippen molar-refractivity contribution in [3.8, 4) is 16.9 Å². The molecule has 0 aromatic heterocycles. The maximum Gasteiger partial charge on any atom is 0.159 e. The minimum atomic E-state index is 0.0461. The maximum atomic E-state index is 11.4. The van der Waals surface area contributed by atoms with E-state index in [4.69, 9.17) is 16.3 Å². The molecule has 0 atom stereocenters. The van der Waals surface area contributed by atoms with Crippen LogP contribution in [0.3, 0.4) is 0 Å². The molecule has 0 aliphatic rings. The average molecular weight is 261 g/mol. The first kappa shape index (κ1) is 12.7. The third kappa shape index (κ3) is 2.54. The summed E-state index contributed by atoms with van der Waals surface area (Å²) in [5.74, 6) is 0.744. The van der Waals surface area contributed by atoms with Crippen LogP contribution in [0, 0.1) is 0 Å². The summed E-state index contributed by atoms with van der Waals surface area (Å²) in [6.07, 6.45) is 0. The van der Waals surface area contributed by atoms with Gasteiger partial charge in [0.05, 0.1) is 7.11 Å². The van der Waals surface area contributed by atoms with Gasteiger partial charge in [-0.05, 0) is 36.8 Å². The highest BCUT2D eigenvalue weighted by Crippen LogP contribution is 2.32. The predicted molar refractivity (Wildman–Crippen MR) is 73.4 cm³/mol. The number of halogens is 1. The Morgan fingerprint density at radius 1 is 1.17 bits per heavy atom. The summed E-state index contributed by atoms with van der Waals surface area (Å²) < 4.78 is 5.31. The van der Waals surface area contributed by atoms with Gasteiger partial charge in [-0.2, -0.15) is 0 Å². The summed E-state index contributed by atoms with van der Waals surface area (Å²) in [5, 5.41) is 0.623. The first-order valence-electron chi connectivity index (χ1n) is 5.56. The van der Waals surface area contributed by atoms with E-state index in [2.05, 4.69) is 0 Å². The van der Waals surface area contributed by atoms with Crippen molar-refractivity contribution in [3.63, 3.8) is 0 Å². The van der Waals surface area contributed by atoms with Gasteiger partial charge in [0.1, 0.15) is 5.75 Å². The zero-order chi connectivity index (χ0) is 13.1. The van der Waals surface area contributed by atoms with Crippen molar-refractivity contribution < 1.29 is 9.53 Å². The number of carbonyl (C=O) groups excluding carboxylic acids is 1. The average Bonchev–Trinajstić information content (AvgIpc) is 2.38. The molecule has 0 fully saturated rings. The molecule has 2 aromatic rings. The number of Topliss-reactive ketones (excluding diaryl/α,β-unsaturated/α-hetero) is 1. The Balaban J connectivity index is 2.54. The van der Waals surface area contributed by atoms with Crippen LogP contribution < -0.4 is 4.74 Å². The second-order valence-corrected chi connectivity index (χ2v) is 4.42. The molecule has 0 heterocycles. The molecule has 92 valence electrons. The number of benzene rings is 2. The van der Waals surface area contributed by atoms with Crippen LogP contribution in [0.4, 0.5) is 0 Å². The molecule has 0 saturated heterocycles. The van der Waals surface area contributed by atoms with E-state index >= 15 is 0 Å². The van der Waals surface area contributed by atoms with Gasteiger partial charge in [-0.1, -0.05) is 29.8 Å². The highest BCUT2D eigenvalue weighted by Gasteiger charge is 2.08. The van der Waals surface area contributed by atoms with Crippen molar-refractivity contribution >= 4 is 17.4 Å². The fourth-order valence-electron chi connectivity index (χ4n) is 1.81. The van der Waals surface area contributed by atoms with E-state index in [1.807, 2.05) is 24.3 Å². The Morgan fingerprint density at radius 2 is 1.94 bits per heavy atom. The second-order valence-electron chi connectivity index (χ2n) is 3.98. The van der Waals surface area contributed by atoms with Gasteiger partial charge in [-0.25, -0.2) is 0 Å². The van der Waals surface area contributed by atoms with Gasteiger partial charge in [0, 0.05) is 16.1 Å². The van der Waals surface area contributed by atoms with Gasteiger partial charge in [0.25, 0.3) is 0 Å². The Hall–Kier alpha value is -1.80. The molecule has 0 bridgehead atoms. The van der Waals surface area contributed by atoms with E-state index in [1.54, 1.807) is 32.2 Å². The topological polar surface area (TPSA) is 26.3 Å². The number of hydrogen-bond donors (Lipinski definition) is 0. The molecular formula is C15H13ClO2. The molecule has 0 unspecified atom stereocenters. The molecule has 3 heteroatoms. The van der Waals surface area contributed by atoms with Crippen LogP contribution >= 0.6 is 11.6 Å². The van der Waals surface area contributed by atoms with Gasteiger partial charge in [-0.3, -0.25) is 4.79 Å². The summed E-state index contributed by atoms with van der Waals surface area (Å²) >= 11 is 5.93. The number of hydrogen-bond acceptors (Lipinski definition) is 2. The highest BCUT2D eigenvalue weighted by atomic mass is 35.5. The molecule has 2 nitrogen and oxygen atoms in total. The zero-order valence-electron chi connectivity index (χ0n) is 10.2. The largest absolute Gasteiger partial charge is 0.496 e. The van der Waals surface area contributed by atoms with Crippen molar-refractivity contribution in [2.24, 2.45) is 0 Å². The van der Waals surface area contributed by atoms with Crippen LogP contribution in [0.1, 0.15) is 17.3 Å². The molecule has 0 spiro atoms. The lowest BCUT2D eigenvalue weighted by Crippen LogP contribution is -1.93. The van der Waals surface area contributed by atoms with Crippen molar-refractivity contribution in [1.82, 2.24) is 0 Å². The van der Waals surface area contributed by atoms with Crippen molar-refractivity contribution in [2.45, 2.75) is 6.92 Å². The molecule has 0 amide bonds. The minimum absolute atomic E-state index is 0.0461. The molecule has 0 aliphatic heterocycles. The molecule has 0 saturated carbocycles. The van der Waals surface area contributed by atoms with Gasteiger partial charge >= 0.3 is 0 Å². The standard InChI is InChI=1S/C15H13ClO2/c1-10(17)11-4-3-5-12(8-11)14-7-6-13(16)9-15(14)18-2/h3-9H,1-2H3. The molecule has 0 aliphatic carbocycles. The minimum Gasteiger partial charge on any atom is -0.496 e. The number of rotatable bonds is 3. The van der Waals surface area contributed by atoms with Crippen LogP contribution in [0.25, 0.3) is 11.1 Å². The summed E-state index contributed by atoms with van der Waals surface area (Å²) in [5.41, 5.74) is 2.55. The van der Waals surface area contributed by atoms with Crippen LogP contribution in [0.5, 0.6) is 5.75 Å². The second kappa shape index (κ2) is 5.23. The van der Waals surface area contributed by atoms with Gasteiger partial charge in [0.15, 0.2) is 5.78 Å². The van der Waals surface area contributed by atoms with Crippen LogP contribution in [0.2, 0.25) is 5.02 Å². The lowest BCUT2D eigenvalue weighted by atomic mass is 10.0. The molecular weight excluding hydrogens is 248 g/mol. The first-order chi connectivity index (χ1) is 8.61. The lowest BCUT2D eigenvalue weighted by Gasteiger charge is -2.09. The van der Waals surface area contributed by atoms with E-state index < -0.39 is 0 Å². The first-order valence-corrected chi connectivity index (χ1v) is 5.94. The van der Waals surface area contributed by atoms with E-state index in [0.29, 0.717) is 16.3 Å². The van der Waals surface area contributed by atoms with Crippen molar-refractivity contribution in [2.75, 3.05) is 7.11 Å². The summed E-state index contributed by atoms with van der Waals surface area (Å²) in [6, 6.07) is 12.9. The normalized spacial score (nSPS) is 10.2. The predicted octanol–water partition coefficient (Wildman–Crippen LogP) is 4.22. The third-order valence-electron chi connectivity index (χ3n) is 2.74. The summed E-state index contributed by atoms with van der Waals surface area (Å²) in [4.78, 5) is 11.4. The molecule has 0 radical (unpaired) electrons. The number of ether oxygens (including phenoxy) is 1. The van der Waals surface area contributed by atoms with Crippen LogP contribution in [0.15, 0.2) is 42.5 Å². The van der Waals surface area contributed by atoms with Gasteiger partial charge < -0.3 is 4.74 Å². The van der Waals surface area contributed by atoms with E-state index in [1.165, 1.54) is 0 Å². The highest BCUT2D eigenvalue weighted by molar-refractivity contribution is 6.30. The summed E-state index contributed by atoms with van der Waals surface area (Å²) in [6.45, 7) is 1.55. The Kier molecular flexibility index (Phi) is 3.68. The fraction of sp³-hybridized carbons (Fsp3) is 0.133. The van der Waals surface area contributed by atoms with Crippen molar-refractivity contribution in [3.05, 3.63) is 53.1 Å². The van der Waals surface area contributed by atoms with E-state index in [0.717, 1.165) is 11.1 Å².